The van der Waals surface area contributed by atoms with Gasteiger partial charge in [0.1, 0.15) is 0 Å². The zero-order chi connectivity index (χ0) is 12.5. The summed E-state index contributed by atoms with van der Waals surface area (Å²) in [5.74, 6) is 0.916. The van der Waals surface area contributed by atoms with Crippen molar-refractivity contribution in [3.8, 4) is 0 Å². The summed E-state index contributed by atoms with van der Waals surface area (Å²) in [7, 11) is 1.93. The second-order valence-electron chi connectivity index (χ2n) is 5.85. The number of nitrogens with one attached hydrogen (secondary N) is 1. The fourth-order valence-corrected chi connectivity index (χ4v) is 2.87. The molecule has 0 radical (unpaired) electrons. The quantitative estimate of drug-likeness (QED) is 0.860. The molecule has 0 amide bonds. The Balaban J connectivity index is 1.66. The number of aromatic nitrogens is 3. The molecule has 5 heteroatoms. The molecule has 1 saturated carbocycles. The molecule has 18 heavy (non-hydrogen) atoms. The second-order valence-corrected chi connectivity index (χ2v) is 5.85. The van der Waals surface area contributed by atoms with Gasteiger partial charge in [0, 0.05) is 38.4 Å². The third-order valence-electron chi connectivity index (χ3n) is 4.23. The van der Waals surface area contributed by atoms with Crippen molar-refractivity contribution in [2.45, 2.75) is 44.8 Å². The zero-order valence-electron chi connectivity index (χ0n) is 11.3. The van der Waals surface area contributed by atoms with E-state index in [-0.39, 0.29) is 0 Å². The van der Waals surface area contributed by atoms with E-state index in [1.807, 2.05) is 13.2 Å². The Labute approximate surface area is 109 Å². The minimum absolute atomic E-state index is 0.628. The van der Waals surface area contributed by atoms with Crippen LogP contribution in [-0.4, -0.2) is 45.1 Å². The number of hydrogen-bond donors (Lipinski definition) is 1. The molecule has 2 atom stereocenters. The number of rotatable bonds is 3. The van der Waals surface area contributed by atoms with Crippen LogP contribution in [0.3, 0.4) is 0 Å². The van der Waals surface area contributed by atoms with Gasteiger partial charge in [0.15, 0.2) is 0 Å². The van der Waals surface area contributed by atoms with Crippen molar-refractivity contribution in [1.29, 1.82) is 0 Å². The lowest BCUT2D eigenvalue weighted by Crippen LogP contribution is -2.41. The Morgan fingerprint density at radius 2 is 2.22 bits per heavy atom. The standard InChI is InChI=1S/C13H23N5/c1-10-5-6-14-13(11-3-4-11)9-18(10)8-12-7-17(2)16-15-12/h7,10-11,13-14H,3-6,8-9H2,1-2H3. The van der Waals surface area contributed by atoms with E-state index in [0.717, 1.165) is 31.2 Å². The van der Waals surface area contributed by atoms with Crippen molar-refractivity contribution >= 4 is 0 Å². The first kappa shape index (κ1) is 12.1. The number of hydrogen-bond acceptors (Lipinski definition) is 4. The lowest BCUT2D eigenvalue weighted by atomic mass is 10.1. The van der Waals surface area contributed by atoms with E-state index in [0.29, 0.717) is 12.1 Å². The van der Waals surface area contributed by atoms with Crippen LogP contribution in [0.25, 0.3) is 0 Å². The summed E-state index contributed by atoms with van der Waals surface area (Å²) in [6.07, 6.45) is 6.07. The summed E-state index contributed by atoms with van der Waals surface area (Å²) in [4.78, 5) is 2.56. The third-order valence-corrected chi connectivity index (χ3v) is 4.23. The molecule has 0 spiro atoms. The van der Waals surface area contributed by atoms with Crippen molar-refractivity contribution in [2.75, 3.05) is 13.1 Å². The predicted octanol–water partition coefficient (Wildman–Crippen LogP) is 0.777. The van der Waals surface area contributed by atoms with Gasteiger partial charge in [-0.05, 0) is 38.6 Å². The molecule has 1 aliphatic carbocycles. The van der Waals surface area contributed by atoms with Gasteiger partial charge in [0.05, 0.1) is 5.69 Å². The van der Waals surface area contributed by atoms with Gasteiger partial charge in [-0.15, -0.1) is 5.10 Å². The average Bonchev–Trinajstić information content (AvgIpc) is 3.11. The Hall–Kier alpha value is -0.940. The summed E-state index contributed by atoms with van der Waals surface area (Å²) in [5, 5.41) is 11.9. The predicted molar refractivity (Wildman–Crippen MR) is 70.0 cm³/mol. The van der Waals surface area contributed by atoms with E-state index >= 15 is 0 Å². The molecule has 1 aromatic heterocycles. The van der Waals surface area contributed by atoms with E-state index in [2.05, 4.69) is 27.5 Å². The molecular formula is C13H23N5. The van der Waals surface area contributed by atoms with Crippen LogP contribution in [0.2, 0.25) is 0 Å². The van der Waals surface area contributed by atoms with E-state index in [1.54, 1.807) is 4.68 Å². The van der Waals surface area contributed by atoms with E-state index in [4.69, 9.17) is 0 Å². The van der Waals surface area contributed by atoms with E-state index in [1.165, 1.54) is 19.3 Å². The molecule has 1 aliphatic heterocycles. The van der Waals surface area contributed by atoms with Crippen LogP contribution < -0.4 is 5.32 Å². The maximum atomic E-state index is 4.21. The highest BCUT2D eigenvalue weighted by atomic mass is 15.4. The van der Waals surface area contributed by atoms with Crippen molar-refractivity contribution in [2.24, 2.45) is 13.0 Å². The summed E-state index contributed by atoms with van der Waals surface area (Å²) >= 11 is 0. The maximum absolute atomic E-state index is 4.21. The van der Waals surface area contributed by atoms with Gasteiger partial charge in [-0.25, -0.2) is 0 Å². The van der Waals surface area contributed by atoms with Crippen LogP contribution in [0.5, 0.6) is 0 Å². The zero-order valence-corrected chi connectivity index (χ0v) is 11.3. The van der Waals surface area contributed by atoms with E-state index in [9.17, 15) is 0 Å². The Morgan fingerprint density at radius 1 is 1.39 bits per heavy atom. The summed E-state index contributed by atoms with van der Waals surface area (Å²) in [5.41, 5.74) is 1.08. The summed E-state index contributed by atoms with van der Waals surface area (Å²) in [6, 6.07) is 1.31. The Kier molecular flexibility index (Phi) is 3.35. The normalized spacial score (nSPS) is 30.3. The molecule has 1 saturated heterocycles. The van der Waals surface area contributed by atoms with Gasteiger partial charge < -0.3 is 5.32 Å². The number of aryl methyl sites for hydroxylation is 1. The number of nitrogens with zero attached hydrogens (tertiary/aromatic N) is 4. The Morgan fingerprint density at radius 3 is 2.89 bits per heavy atom. The molecule has 0 bridgehead atoms. The molecule has 2 fully saturated rings. The van der Waals surface area contributed by atoms with Gasteiger partial charge >= 0.3 is 0 Å². The smallest absolute Gasteiger partial charge is 0.0967 e. The van der Waals surface area contributed by atoms with Gasteiger partial charge in [-0.1, -0.05) is 5.21 Å². The highest BCUT2D eigenvalue weighted by molar-refractivity contribution is 4.96. The molecule has 5 nitrogen and oxygen atoms in total. The van der Waals surface area contributed by atoms with Crippen molar-refractivity contribution in [1.82, 2.24) is 25.2 Å². The minimum atomic E-state index is 0.628. The molecule has 0 aromatic carbocycles. The first-order valence-electron chi connectivity index (χ1n) is 7.05. The van der Waals surface area contributed by atoms with Crippen LogP contribution in [0.1, 0.15) is 31.9 Å². The third kappa shape index (κ3) is 2.72. The lowest BCUT2D eigenvalue weighted by Gasteiger charge is -2.28. The molecule has 3 rings (SSSR count). The lowest BCUT2D eigenvalue weighted by molar-refractivity contribution is 0.188. The molecule has 1 N–H and O–H groups in total. The van der Waals surface area contributed by atoms with Crippen LogP contribution >= 0.6 is 0 Å². The van der Waals surface area contributed by atoms with Crippen molar-refractivity contribution in [3.05, 3.63) is 11.9 Å². The molecule has 2 heterocycles. The Bertz CT molecular complexity index is 398. The maximum Gasteiger partial charge on any atom is 0.0967 e. The topological polar surface area (TPSA) is 46.0 Å². The van der Waals surface area contributed by atoms with Gasteiger partial charge in [-0.2, -0.15) is 0 Å². The molecule has 100 valence electrons. The van der Waals surface area contributed by atoms with Crippen LogP contribution in [0.4, 0.5) is 0 Å². The second kappa shape index (κ2) is 4.97. The first-order chi connectivity index (χ1) is 8.72. The average molecular weight is 249 g/mol. The van der Waals surface area contributed by atoms with Gasteiger partial charge in [-0.3, -0.25) is 9.58 Å². The van der Waals surface area contributed by atoms with Gasteiger partial charge in [0.25, 0.3) is 0 Å². The monoisotopic (exact) mass is 249 g/mol. The largest absolute Gasteiger partial charge is 0.312 e. The van der Waals surface area contributed by atoms with Crippen LogP contribution in [0.15, 0.2) is 6.20 Å². The highest BCUT2D eigenvalue weighted by Gasteiger charge is 2.34. The molecule has 2 unspecified atom stereocenters. The summed E-state index contributed by atoms with van der Waals surface area (Å²) in [6.45, 7) is 5.56. The van der Waals surface area contributed by atoms with E-state index < -0.39 is 0 Å². The highest BCUT2D eigenvalue weighted by Crippen LogP contribution is 2.34. The van der Waals surface area contributed by atoms with Crippen molar-refractivity contribution < 1.29 is 0 Å². The van der Waals surface area contributed by atoms with Gasteiger partial charge in [0.2, 0.25) is 0 Å². The molecule has 2 aliphatic rings. The molecular weight excluding hydrogens is 226 g/mol. The summed E-state index contributed by atoms with van der Waals surface area (Å²) < 4.78 is 1.79. The van der Waals surface area contributed by atoms with Crippen LogP contribution in [-0.2, 0) is 13.6 Å². The van der Waals surface area contributed by atoms with Crippen LogP contribution in [0, 0.1) is 5.92 Å². The first-order valence-corrected chi connectivity index (χ1v) is 7.05. The SMILES string of the molecule is CC1CCNC(C2CC2)CN1Cc1cn(C)nn1. The minimum Gasteiger partial charge on any atom is -0.312 e. The fraction of sp³-hybridized carbons (Fsp3) is 0.846. The fourth-order valence-electron chi connectivity index (χ4n) is 2.87. The van der Waals surface area contributed by atoms with Crippen molar-refractivity contribution in [3.63, 3.8) is 0 Å². The molecule has 1 aromatic rings.